The first kappa shape index (κ1) is 13.8. The number of aliphatic hydroxyl groups is 1. The van der Waals surface area contributed by atoms with Gasteiger partial charge in [0.05, 0.1) is 38.9 Å². The van der Waals surface area contributed by atoms with Crippen molar-refractivity contribution in [3.63, 3.8) is 0 Å². The van der Waals surface area contributed by atoms with Crippen LogP contribution in [0.1, 0.15) is 6.42 Å². The Balaban J connectivity index is 3.14. The third kappa shape index (κ3) is 10.8. The summed E-state index contributed by atoms with van der Waals surface area (Å²) < 4.78 is 4.98. The quantitative estimate of drug-likeness (QED) is 0.412. The first-order valence-corrected chi connectivity index (χ1v) is 4.84. The highest BCUT2D eigenvalue weighted by Crippen LogP contribution is 1.73. The minimum Gasteiger partial charge on any atom is -0.394 e. The van der Waals surface area contributed by atoms with Gasteiger partial charge in [-0.2, -0.15) is 5.26 Å². The van der Waals surface area contributed by atoms with Gasteiger partial charge < -0.3 is 20.5 Å². The van der Waals surface area contributed by atoms with Gasteiger partial charge in [-0.1, -0.05) is 0 Å². The molecule has 0 aliphatic carbocycles. The van der Waals surface area contributed by atoms with Crippen LogP contribution < -0.4 is 10.6 Å². The molecule has 6 nitrogen and oxygen atoms in total. The average Bonchev–Trinajstić information content (AvgIpc) is 2.23. The fourth-order valence-corrected chi connectivity index (χ4v) is 0.833. The second-order valence-corrected chi connectivity index (χ2v) is 2.77. The summed E-state index contributed by atoms with van der Waals surface area (Å²) in [5.74, 6) is -0.132. The molecule has 0 bridgehead atoms. The van der Waals surface area contributed by atoms with Crippen LogP contribution in [0.4, 0.5) is 0 Å². The lowest BCUT2D eigenvalue weighted by atomic mass is 10.4. The van der Waals surface area contributed by atoms with Crippen LogP contribution in [0.2, 0.25) is 0 Å². The molecule has 3 N–H and O–H groups in total. The van der Waals surface area contributed by atoms with E-state index in [1.165, 1.54) is 0 Å². The molecular weight excluding hydrogens is 198 g/mol. The number of hydrogen-bond donors (Lipinski definition) is 3. The van der Waals surface area contributed by atoms with Gasteiger partial charge in [0, 0.05) is 13.1 Å². The maximum Gasteiger partial charge on any atom is 0.233 e. The Morgan fingerprint density at radius 3 is 2.87 bits per heavy atom. The van der Waals surface area contributed by atoms with Crippen LogP contribution in [-0.4, -0.2) is 50.5 Å². The van der Waals surface area contributed by atoms with Crippen LogP contribution in [0, 0.1) is 11.3 Å². The van der Waals surface area contributed by atoms with Crippen LogP contribution >= 0.6 is 0 Å². The summed E-state index contributed by atoms with van der Waals surface area (Å²) in [5.41, 5.74) is 0. The molecule has 0 heterocycles. The monoisotopic (exact) mass is 215 g/mol. The molecule has 0 saturated heterocycles. The maximum atomic E-state index is 11.0. The number of rotatable bonds is 9. The zero-order chi connectivity index (χ0) is 11.4. The van der Waals surface area contributed by atoms with E-state index in [0.29, 0.717) is 32.7 Å². The Hall–Kier alpha value is -1.16. The Labute approximate surface area is 89.2 Å². The minimum atomic E-state index is -0.132. The van der Waals surface area contributed by atoms with Gasteiger partial charge in [-0.05, 0) is 0 Å². The van der Waals surface area contributed by atoms with Crippen molar-refractivity contribution in [2.45, 2.75) is 6.42 Å². The van der Waals surface area contributed by atoms with Gasteiger partial charge in [0.25, 0.3) is 0 Å². The molecule has 0 aromatic carbocycles. The van der Waals surface area contributed by atoms with Crippen molar-refractivity contribution in [2.24, 2.45) is 0 Å². The second kappa shape index (κ2) is 10.9. The Morgan fingerprint density at radius 1 is 1.40 bits per heavy atom. The van der Waals surface area contributed by atoms with E-state index in [4.69, 9.17) is 15.1 Å². The van der Waals surface area contributed by atoms with Crippen molar-refractivity contribution in [1.82, 2.24) is 10.6 Å². The molecule has 0 unspecified atom stereocenters. The van der Waals surface area contributed by atoms with E-state index in [1.54, 1.807) is 0 Å². The van der Waals surface area contributed by atoms with Crippen LogP contribution in [0.3, 0.4) is 0 Å². The lowest BCUT2D eigenvalue weighted by Crippen LogP contribution is -2.35. The van der Waals surface area contributed by atoms with E-state index < -0.39 is 0 Å². The third-order valence-electron chi connectivity index (χ3n) is 1.50. The number of nitriles is 1. The predicted molar refractivity (Wildman–Crippen MR) is 54.0 cm³/mol. The molecule has 0 atom stereocenters. The van der Waals surface area contributed by atoms with E-state index in [0.717, 1.165) is 0 Å². The van der Waals surface area contributed by atoms with Crippen molar-refractivity contribution in [1.29, 1.82) is 5.26 Å². The molecule has 0 aromatic rings. The SMILES string of the molecule is N#CCCNC(=O)CNCCOCCO. The molecular formula is C9H17N3O3. The second-order valence-electron chi connectivity index (χ2n) is 2.77. The lowest BCUT2D eigenvalue weighted by molar-refractivity contribution is -0.120. The highest BCUT2D eigenvalue weighted by atomic mass is 16.5. The fraction of sp³-hybridized carbons (Fsp3) is 0.778. The molecule has 1 amide bonds. The van der Waals surface area contributed by atoms with Gasteiger partial charge in [0.15, 0.2) is 0 Å². The van der Waals surface area contributed by atoms with E-state index in [-0.39, 0.29) is 19.1 Å². The summed E-state index contributed by atoms with van der Waals surface area (Å²) in [6.07, 6.45) is 0.325. The number of nitrogens with one attached hydrogen (secondary N) is 2. The molecule has 6 heteroatoms. The van der Waals surface area contributed by atoms with E-state index in [2.05, 4.69) is 10.6 Å². The molecule has 15 heavy (non-hydrogen) atoms. The molecule has 0 rings (SSSR count). The average molecular weight is 215 g/mol. The molecule has 0 aliphatic heterocycles. The first-order valence-electron chi connectivity index (χ1n) is 4.84. The highest BCUT2D eigenvalue weighted by molar-refractivity contribution is 5.77. The molecule has 0 spiro atoms. The number of carbonyl (C=O) groups excluding carboxylic acids is 1. The molecule has 0 radical (unpaired) electrons. The standard InChI is InChI=1S/C9H17N3O3/c10-2-1-3-12-9(14)8-11-4-6-15-7-5-13/h11,13H,1,3-8H2,(H,12,14). The lowest BCUT2D eigenvalue weighted by Gasteiger charge is -2.05. The van der Waals surface area contributed by atoms with Crippen LogP contribution in [0.15, 0.2) is 0 Å². The van der Waals surface area contributed by atoms with Crippen molar-refractivity contribution in [3.8, 4) is 6.07 Å². The van der Waals surface area contributed by atoms with Gasteiger partial charge in [-0.3, -0.25) is 4.79 Å². The normalized spacial score (nSPS) is 9.60. The minimum absolute atomic E-state index is 0.00858. The Kier molecular flexibility index (Phi) is 10.1. The maximum absolute atomic E-state index is 11.0. The number of hydrogen-bond acceptors (Lipinski definition) is 5. The number of carbonyl (C=O) groups is 1. The number of ether oxygens (including phenoxy) is 1. The van der Waals surface area contributed by atoms with Crippen molar-refractivity contribution in [2.75, 3.05) is 39.5 Å². The van der Waals surface area contributed by atoms with E-state index >= 15 is 0 Å². The van der Waals surface area contributed by atoms with Crippen LogP contribution in [-0.2, 0) is 9.53 Å². The van der Waals surface area contributed by atoms with E-state index in [9.17, 15) is 4.79 Å². The molecule has 0 aromatic heterocycles. The van der Waals surface area contributed by atoms with E-state index in [1.807, 2.05) is 6.07 Å². The smallest absolute Gasteiger partial charge is 0.233 e. The van der Waals surface area contributed by atoms with Gasteiger partial charge in [-0.15, -0.1) is 0 Å². The summed E-state index contributed by atoms with van der Waals surface area (Å²) in [4.78, 5) is 11.0. The van der Waals surface area contributed by atoms with Crippen LogP contribution in [0.25, 0.3) is 0 Å². The highest BCUT2D eigenvalue weighted by Gasteiger charge is 1.98. The summed E-state index contributed by atoms with van der Waals surface area (Å²) in [5, 5.41) is 22.1. The molecule has 0 fully saturated rings. The topological polar surface area (TPSA) is 94.4 Å². The zero-order valence-electron chi connectivity index (χ0n) is 8.66. The number of nitrogens with zero attached hydrogens (tertiary/aromatic N) is 1. The van der Waals surface area contributed by atoms with Gasteiger partial charge in [-0.25, -0.2) is 0 Å². The zero-order valence-corrected chi connectivity index (χ0v) is 8.66. The molecule has 86 valence electrons. The van der Waals surface area contributed by atoms with Crippen molar-refractivity contribution < 1.29 is 14.6 Å². The predicted octanol–water partition coefficient (Wildman–Crippen LogP) is -1.39. The van der Waals surface area contributed by atoms with Gasteiger partial charge >= 0.3 is 0 Å². The Morgan fingerprint density at radius 2 is 2.20 bits per heavy atom. The summed E-state index contributed by atoms with van der Waals surface area (Å²) >= 11 is 0. The van der Waals surface area contributed by atoms with Gasteiger partial charge in [0.2, 0.25) is 5.91 Å². The molecule has 0 aliphatic rings. The summed E-state index contributed by atoms with van der Waals surface area (Å²) in [7, 11) is 0. The number of amides is 1. The third-order valence-corrected chi connectivity index (χ3v) is 1.50. The summed E-state index contributed by atoms with van der Waals surface area (Å²) in [6.45, 7) is 1.95. The van der Waals surface area contributed by atoms with Gasteiger partial charge in [0.1, 0.15) is 0 Å². The van der Waals surface area contributed by atoms with Crippen molar-refractivity contribution in [3.05, 3.63) is 0 Å². The fourth-order valence-electron chi connectivity index (χ4n) is 0.833. The largest absolute Gasteiger partial charge is 0.394 e. The summed E-state index contributed by atoms with van der Waals surface area (Å²) in [6, 6.07) is 1.93. The first-order chi connectivity index (χ1) is 7.31. The number of aliphatic hydroxyl groups excluding tert-OH is 1. The Bertz CT molecular complexity index is 203. The van der Waals surface area contributed by atoms with Crippen molar-refractivity contribution >= 4 is 5.91 Å². The molecule has 0 saturated carbocycles. The van der Waals surface area contributed by atoms with Crippen LogP contribution in [0.5, 0.6) is 0 Å².